The average Bonchev–Trinajstić information content (AvgIpc) is 3.27. The summed E-state index contributed by atoms with van der Waals surface area (Å²) in [6.45, 7) is 3.32. The van der Waals surface area contributed by atoms with E-state index in [-0.39, 0.29) is 11.9 Å². The summed E-state index contributed by atoms with van der Waals surface area (Å²) in [5.41, 5.74) is 1.29. The molecule has 1 atom stereocenters. The first-order valence-electron chi connectivity index (χ1n) is 7.45. The van der Waals surface area contributed by atoms with Gasteiger partial charge in [0.05, 0.1) is 11.4 Å². The molecular formula is C16H17N3O3S. The van der Waals surface area contributed by atoms with Gasteiger partial charge in [-0.05, 0) is 38.8 Å². The minimum atomic E-state index is -0.817. The molecule has 1 saturated carbocycles. The minimum absolute atomic E-state index is 0.240. The molecule has 0 saturated heterocycles. The zero-order valence-corrected chi connectivity index (χ0v) is 13.7. The fraction of sp³-hybridized carbons (Fsp3) is 0.375. The van der Waals surface area contributed by atoms with E-state index < -0.39 is 12.1 Å². The summed E-state index contributed by atoms with van der Waals surface area (Å²) in [6, 6.07) is 5.75. The molecule has 2 aromatic heterocycles. The van der Waals surface area contributed by atoms with Crippen molar-refractivity contribution in [3.63, 3.8) is 0 Å². The molecule has 0 aromatic carbocycles. The van der Waals surface area contributed by atoms with Crippen molar-refractivity contribution in [1.29, 1.82) is 0 Å². The number of rotatable bonds is 5. The van der Waals surface area contributed by atoms with Crippen LogP contribution in [0.5, 0.6) is 0 Å². The van der Waals surface area contributed by atoms with Crippen molar-refractivity contribution < 1.29 is 14.3 Å². The van der Waals surface area contributed by atoms with Gasteiger partial charge in [0.25, 0.3) is 5.91 Å². The van der Waals surface area contributed by atoms with E-state index in [1.165, 1.54) is 11.3 Å². The van der Waals surface area contributed by atoms with Crippen LogP contribution in [-0.4, -0.2) is 34.0 Å². The van der Waals surface area contributed by atoms with Gasteiger partial charge in [0.1, 0.15) is 9.88 Å². The molecule has 0 aliphatic heterocycles. The molecule has 23 heavy (non-hydrogen) atoms. The number of nitrogens with zero attached hydrogens (tertiary/aromatic N) is 2. The van der Waals surface area contributed by atoms with Gasteiger partial charge in [-0.3, -0.25) is 9.78 Å². The van der Waals surface area contributed by atoms with Crippen molar-refractivity contribution >= 4 is 23.2 Å². The summed E-state index contributed by atoms with van der Waals surface area (Å²) >= 11 is 1.22. The summed E-state index contributed by atoms with van der Waals surface area (Å²) in [6.07, 6.45) is 2.85. The van der Waals surface area contributed by atoms with E-state index in [0.717, 1.165) is 12.8 Å². The highest BCUT2D eigenvalue weighted by Gasteiger charge is 2.28. The summed E-state index contributed by atoms with van der Waals surface area (Å²) in [7, 11) is 0. The number of pyridine rings is 1. The Morgan fingerprint density at radius 2 is 2.17 bits per heavy atom. The quantitative estimate of drug-likeness (QED) is 0.851. The maximum Gasteiger partial charge on any atom is 0.351 e. The molecule has 0 unspecified atom stereocenters. The third-order valence-electron chi connectivity index (χ3n) is 3.44. The van der Waals surface area contributed by atoms with E-state index in [1.807, 2.05) is 18.2 Å². The smallest absolute Gasteiger partial charge is 0.351 e. The van der Waals surface area contributed by atoms with Gasteiger partial charge in [-0.15, -0.1) is 11.3 Å². The van der Waals surface area contributed by atoms with Crippen LogP contribution in [0, 0.1) is 6.92 Å². The van der Waals surface area contributed by atoms with Crippen molar-refractivity contribution in [1.82, 2.24) is 15.3 Å². The summed E-state index contributed by atoms with van der Waals surface area (Å²) in [5.74, 6) is -0.784. The number of ether oxygens (including phenoxy) is 1. The number of hydrogen-bond donors (Lipinski definition) is 1. The lowest BCUT2D eigenvalue weighted by molar-refractivity contribution is -0.129. The van der Waals surface area contributed by atoms with Gasteiger partial charge >= 0.3 is 5.97 Å². The highest BCUT2D eigenvalue weighted by molar-refractivity contribution is 7.17. The fourth-order valence-electron chi connectivity index (χ4n) is 2.00. The maximum atomic E-state index is 12.3. The highest BCUT2D eigenvalue weighted by Crippen LogP contribution is 2.27. The normalized spacial score (nSPS) is 15.0. The van der Waals surface area contributed by atoms with Crippen LogP contribution in [-0.2, 0) is 9.53 Å². The second-order valence-corrected chi connectivity index (χ2v) is 6.48. The van der Waals surface area contributed by atoms with Crippen molar-refractivity contribution in [3.05, 3.63) is 35.0 Å². The number of esters is 1. The van der Waals surface area contributed by atoms with E-state index in [9.17, 15) is 9.59 Å². The van der Waals surface area contributed by atoms with E-state index in [4.69, 9.17) is 4.74 Å². The van der Waals surface area contributed by atoms with Gasteiger partial charge in [0.2, 0.25) is 0 Å². The number of aryl methyl sites for hydroxylation is 1. The third-order valence-corrected chi connectivity index (χ3v) is 4.60. The Bertz CT molecular complexity index is 725. The van der Waals surface area contributed by atoms with Gasteiger partial charge in [0.15, 0.2) is 6.10 Å². The van der Waals surface area contributed by atoms with Crippen LogP contribution in [0.2, 0.25) is 0 Å². The number of amides is 1. The van der Waals surface area contributed by atoms with Crippen molar-refractivity contribution in [2.75, 3.05) is 0 Å². The van der Waals surface area contributed by atoms with E-state index in [1.54, 1.807) is 20.0 Å². The lowest BCUT2D eigenvalue weighted by Crippen LogP contribution is -2.37. The highest BCUT2D eigenvalue weighted by atomic mass is 32.1. The number of carbonyl (C=O) groups is 2. The van der Waals surface area contributed by atoms with Crippen LogP contribution in [0.15, 0.2) is 24.4 Å². The number of hydrogen-bond acceptors (Lipinski definition) is 6. The maximum absolute atomic E-state index is 12.3. The predicted octanol–water partition coefficient (Wildman–Crippen LogP) is 2.34. The molecule has 1 aliphatic rings. The predicted molar refractivity (Wildman–Crippen MR) is 86.1 cm³/mol. The van der Waals surface area contributed by atoms with Crippen LogP contribution in [0.25, 0.3) is 10.7 Å². The molecule has 2 heterocycles. The number of nitrogens with one attached hydrogen (secondary N) is 1. The monoisotopic (exact) mass is 331 g/mol. The largest absolute Gasteiger partial charge is 0.448 e. The van der Waals surface area contributed by atoms with Crippen LogP contribution in [0.4, 0.5) is 0 Å². The molecule has 6 nitrogen and oxygen atoms in total. The SMILES string of the molecule is Cc1nc(-c2ccccn2)sc1C(=O)O[C@H](C)C(=O)NC1CC1. The summed E-state index contributed by atoms with van der Waals surface area (Å²) in [4.78, 5) is 33.1. The molecule has 0 bridgehead atoms. The molecule has 1 fully saturated rings. The Morgan fingerprint density at radius 1 is 1.39 bits per heavy atom. The second-order valence-electron chi connectivity index (χ2n) is 5.48. The van der Waals surface area contributed by atoms with Gasteiger partial charge in [0, 0.05) is 12.2 Å². The zero-order chi connectivity index (χ0) is 16.4. The Hall–Kier alpha value is -2.28. The summed E-state index contributed by atoms with van der Waals surface area (Å²) in [5, 5.41) is 3.48. The Kier molecular flexibility index (Phi) is 4.38. The molecular weight excluding hydrogens is 314 g/mol. The van der Waals surface area contributed by atoms with Crippen molar-refractivity contribution in [2.45, 2.75) is 38.8 Å². The van der Waals surface area contributed by atoms with E-state index in [2.05, 4.69) is 15.3 Å². The standard InChI is InChI=1S/C16H17N3O3S/c1-9-13(23-15(18-9)12-5-3-4-8-17-12)16(21)22-10(2)14(20)19-11-6-7-11/h3-5,8,10-11H,6-7H2,1-2H3,(H,19,20)/t10-/m1/s1. The molecule has 3 rings (SSSR count). The van der Waals surface area contributed by atoms with Crippen LogP contribution < -0.4 is 5.32 Å². The van der Waals surface area contributed by atoms with Gasteiger partial charge in [-0.25, -0.2) is 9.78 Å². The number of aromatic nitrogens is 2. The van der Waals surface area contributed by atoms with E-state index in [0.29, 0.717) is 21.3 Å². The topological polar surface area (TPSA) is 81.2 Å². The molecule has 1 N–H and O–H groups in total. The molecule has 0 radical (unpaired) electrons. The molecule has 120 valence electrons. The van der Waals surface area contributed by atoms with Gasteiger partial charge < -0.3 is 10.1 Å². The molecule has 0 spiro atoms. The second kappa shape index (κ2) is 6.45. The fourth-order valence-corrected chi connectivity index (χ4v) is 2.92. The third kappa shape index (κ3) is 3.73. The van der Waals surface area contributed by atoms with Gasteiger partial charge in [-0.1, -0.05) is 6.07 Å². The lowest BCUT2D eigenvalue weighted by Gasteiger charge is -2.12. The lowest BCUT2D eigenvalue weighted by atomic mass is 10.3. The molecule has 7 heteroatoms. The van der Waals surface area contributed by atoms with Crippen molar-refractivity contribution in [3.8, 4) is 10.7 Å². The summed E-state index contributed by atoms with van der Waals surface area (Å²) < 4.78 is 5.26. The number of carbonyl (C=O) groups excluding carboxylic acids is 2. The van der Waals surface area contributed by atoms with Gasteiger partial charge in [-0.2, -0.15) is 0 Å². The van der Waals surface area contributed by atoms with Crippen LogP contribution in [0.3, 0.4) is 0 Å². The first kappa shape index (κ1) is 15.6. The zero-order valence-electron chi connectivity index (χ0n) is 12.9. The molecule has 2 aromatic rings. The van der Waals surface area contributed by atoms with E-state index >= 15 is 0 Å². The Labute approximate surface area is 137 Å². The van der Waals surface area contributed by atoms with Crippen LogP contribution in [0.1, 0.15) is 35.1 Å². The number of thiazole rings is 1. The molecule has 1 aliphatic carbocycles. The molecule has 1 amide bonds. The Balaban J connectivity index is 1.69. The van der Waals surface area contributed by atoms with Crippen molar-refractivity contribution in [2.24, 2.45) is 0 Å². The average molecular weight is 331 g/mol. The van der Waals surface area contributed by atoms with Crippen LogP contribution >= 0.6 is 11.3 Å². The first-order valence-corrected chi connectivity index (χ1v) is 8.26. The first-order chi connectivity index (χ1) is 11.0. The minimum Gasteiger partial charge on any atom is -0.448 e. The Morgan fingerprint density at radius 3 is 2.83 bits per heavy atom.